The summed E-state index contributed by atoms with van der Waals surface area (Å²) >= 11 is 0. The second kappa shape index (κ2) is 2.81. The van der Waals surface area contributed by atoms with E-state index in [1.807, 2.05) is 0 Å². The molecule has 4 unspecified atom stereocenters. The standard InChI is InChI=1S/C4H11N7O2/c12-11-7-1-2(8-11)6-4-3(5-1)9-13-10-4/h1-11H. The van der Waals surface area contributed by atoms with Gasteiger partial charge in [0.1, 0.15) is 24.7 Å². The van der Waals surface area contributed by atoms with Crippen LogP contribution in [0.5, 0.6) is 0 Å². The second-order valence-corrected chi connectivity index (χ2v) is 3.20. The van der Waals surface area contributed by atoms with Gasteiger partial charge in [0.15, 0.2) is 0 Å². The van der Waals surface area contributed by atoms with Crippen LogP contribution in [0.4, 0.5) is 0 Å². The van der Waals surface area contributed by atoms with Gasteiger partial charge in [0.2, 0.25) is 0 Å². The van der Waals surface area contributed by atoms with Crippen molar-refractivity contribution in [1.29, 1.82) is 0 Å². The molecule has 13 heavy (non-hydrogen) atoms. The van der Waals surface area contributed by atoms with Gasteiger partial charge >= 0.3 is 0 Å². The van der Waals surface area contributed by atoms with E-state index in [0.717, 1.165) is 0 Å². The SMILES string of the molecule is [O-][NH+]1NC2NC3NONC3NC2N1. The zero-order valence-corrected chi connectivity index (χ0v) is 6.63. The highest BCUT2D eigenvalue weighted by molar-refractivity contribution is 4.92. The first kappa shape index (κ1) is 7.99. The molecule has 0 amide bonds. The van der Waals surface area contributed by atoms with E-state index < -0.39 is 0 Å². The normalized spacial score (nSPS) is 54.7. The van der Waals surface area contributed by atoms with Crippen LogP contribution in [0, 0.1) is 5.21 Å². The summed E-state index contributed by atoms with van der Waals surface area (Å²) in [6, 6.07) is 0. The average molecular weight is 189 g/mol. The molecule has 0 aromatic rings. The van der Waals surface area contributed by atoms with E-state index >= 15 is 0 Å². The van der Waals surface area contributed by atoms with E-state index in [2.05, 4.69) is 32.4 Å². The third-order valence-electron chi connectivity index (χ3n) is 2.33. The molecule has 3 heterocycles. The highest BCUT2D eigenvalue weighted by Crippen LogP contribution is 2.04. The molecule has 9 heteroatoms. The minimum absolute atomic E-state index is 0.0403. The van der Waals surface area contributed by atoms with Crippen LogP contribution in [0.2, 0.25) is 0 Å². The molecule has 9 nitrogen and oxygen atoms in total. The van der Waals surface area contributed by atoms with Gasteiger partial charge in [-0.05, 0) is 0 Å². The van der Waals surface area contributed by atoms with Gasteiger partial charge in [0, 0.05) is 0 Å². The predicted molar refractivity (Wildman–Crippen MR) is 39.4 cm³/mol. The van der Waals surface area contributed by atoms with Gasteiger partial charge in [0.05, 0.1) is 0 Å². The zero-order valence-electron chi connectivity index (χ0n) is 6.63. The molecule has 3 rings (SSSR count). The molecule has 3 aliphatic rings. The van der Waals surface area contributed by atoms with Crippen LogP contribution in [-0.4, -0.2) is 24.7 Å². The molecule has 0 radical (unpaired) electrons. The van der Waals surface area contributed by atoms with E-state index in [9.17, 15) is 5.21 Å². The van der Waals surface area contributed by atoms with Gasteiger partial charge < -0.3 is 5.21 Å². The Morgan fingerprint density at radius 1 is 0.923 bits per heavy atom. The molecule has 3 saturated heterocycles. The minimum Gasteiger partial charge on any atom is -0.593 e. The Morgan fingerprint density at radius 3 is 2.00 bits per heavy atom. The number of hydrogen-bond donors (Lipinski definition) is 7. The number of fused-ring (bicyclic) bond motifs is 2. The van der Waals surface area contributed by atoms with Gasteiger partial charge in [-0.2, -0.15) is 11.0 Å². The van der Waals surface area contributed by atoms with Crippen molar-refractivity contribution in [1.82, 2.24) is 32.4 Å². The fraction of sp³-hybridized carbons (Fsp3) is 1.00. The molecule has 7 N–H and O–H groups in total. The first-order valence-corrected chi connectivity index (χ1v) is 4.09. The summed E-state index contributed by atoms with van der Waals surface area (Å²) in [5.74, 6) is 0. The summed E-state index contributed by atoms with van der Waals surface area (Å²) in [5, 5.41) is 17.1. The van der Waals surface area contributed by atoms with Crippen LogP contribution in [0.1, 0.15) is 0 Å². The molecule has 0 spiro atoms. The molecule has 0 aliphatic carbocycles. The molecule has 4 atom stereocenters. The lowest BCUT2D eigenvalue weighted by Crippen LogP contribution is -3.18. The number of quaternary nitrogens is 1. The van der Waals surface area contributed by atoms with Crippen molar-refractivity contribution >= 4 is 0 Å². The van der Waals surface area contributed by atoms with Gasteiger partial charge in [-0.25, -0.2) is 10.2 Å². The third kappa shape index (κ3) is 1.23. The number of rotatable bonds is 0. The van der Waals surface area contributed by atoms with Crippen LogP contribution in [0.15, 0.2) is 0 Å². The molecule has 3 aliphatic heterocycles. The Labute approximate surface area is 73.6 Å². The van der Waals surface area contributed by atoms with E-state index in [1.54, 1.807) is 0 Å². The van der Waals surface area contributed by atoms with Crippen molar-refractivity contribution in [3.63, 3.8) is 0 Å². The lowest BCUT2D eigenvalue weighted by atomic mass is 10.2. The zero-order chi connectivity index (χ0) is 8.84. The first-order chi connectivity index (χ1) is 6.33. The maximum atomic E-state index is 11.0. The van der Waals surface area contributed by atoms with Gasteiger partial charge in [-0.1, -0.05) is 0 Å². The maximum Gasteiger partial charge on any atom is 0.143 e. The minimum atomic E-state index is -0.170. The Kier molecular flexibility index (Phi) is 1.73. The smallest absolute Gasteiger partial charge is 0.143 e. The lowest BCUT2D eigenvalue weighted by molar-refractivity contribution is -0.929. The topological polar surface area (TPSA) is 109 Å². The third-order valence-corrected chi connectivity index (χ3v) is 2.33. The number of piperazine rings is 1. The van der Waals surface area contributed by atoms with Crippen LogP contribution in [-0.2, 0) is 4.94 Å². The highest BCUT2D eigenvalue weighted by atomic mass is 16.8. The molecule has 0 aromatic heterocycles. The van der Waals surface area contributed by atoms with E-state index in [4.69, 9.17) is 4.94 Å². The molecular formula is C4H11N7O2. The monoisotopic (exact) mass is 189 g/mol. The van der Waals surface area contributed by atoms with Gasteiger partial charge in [0.25, 0.3) is 0 Å². The Bertz CT molecular complexity index is 195. The van der Waals surface area contributed by atoms with Crippen LogP contribution >= 0.6 is 0 Å². The fourth-order valence-corrected chi connectivity index (χ4v) is 1.71. The summed E-state index contributed by atoms with van der Waals surface area (Å²) in [6.07, 6.45) is -0.294. The summed E-state index contributed by atoms with van der Waals surface area (Å²) in [4.78, 5) is 4.82. The Hall–Kier alpha value is -0.360. The quantitative estimate of drug-likeness (QED) is 0.190. The molecular weight excluding hydrogens is 178 g/mol. The van der Waals surface area contributed by atoms with Crippen LogP contribution in [0.3, 0.4) is 0 Å². The number of hydrogen-bond acceptors (Lipinski definition) is 8. The van der Waals surface area contributed by atoms with Crippen LogP contribution < -0.4 is 37.7 Å². The Morgan fingerprint density at radius 2 is 1.46 bits per heavy atom. The molecule has 74 valence electrons. The van der Waals surface area contributed by atoms with Gasteiger partial charge in [-0.15, -0.1) is 10.9 Å². The van der Waals surface area contributed by atoms with Gasteiger partial charge in [-0.3, -0.25) is 10.6 Å². The number of nitrogens with one attached hydrogen (secondary N) is 7. The van der Waals surface area contributed by atoms with Crippen molar-refractivity contribution in [2.75, 3.05) is 0 Å². The lowest BCUT2D eigenvalue weighted by Gasteiger charge is -2.31. The second-order valence-electron chi connectivity index (χ2n) is 3.20. The van der Waals surface area contributed by atoms with Crippen molar-refractivity contribution in [2.45, 2.75) is 24.7 Å². The highest BCUT2D eigenvalue weighted by Gasteiger charge is 2.44. The Balaban J connectivity index is 1.73. The van der Waals surface area contributed by atoms with Crippen molar-refractivity contribution in [3.8, 4) is 0 Å². The largest absolute Gasteiger partial charge is 0.593 e. The first-order valence-electron chi connectivity index (χ1n) is 4.09. The van der Waals surface area contributed by atoms with Crippen molar-refractivity contribution < 1.29 is 10.2 Å². The van der Waals surface area contributed by atoms with E-state index in [1.165, 1.54) is 0 Å². The van der Waals surface area contributed by atoms with Crippen LogP contribution in [0.25, 0.3) is 0 Å². The summed E-state index contributed by atoms with van der Waals surface area (Å²) < 4.78 is 0. The van der Waals surface area contributed by atoms with Crippen molar-refractivity contribution in [3.05, 3.63) is 5.21 Å². The summed E-state index contributed by atoms with van der Waals surface area (Å²) in [7, 11) is 0. The molecule has 3 fully saturated rings. The van der Waals surface area contributed by atoms with E-state index in [-0.39, 0.29) is 29.9 Å². The number of hydroxylamine groups is 2. The van der Waals surface area contributed by atoms with E-state index in [0.29, 0.717) is 0 Å². The molecule has 0 aromatic carbocycles. The molecule has 0 saturated carbocycles. The predicted octanol–water partition coefficient (Wildman–Crippen LogP) is -5.07. The summed E-state index contributed by atoms with van der Waals surface area (Å²) in [6.45, 7) is 0. The molecule has 0 bridgehead atoms. The fourth-order valence-electron chi connectivity index (χ4n) is 1.71. The average Bonchev–Trinajstić information content (AvgIpc) is 2.63. The maximum absolute atomic E-state index is 11.0. The van der Waals surface area contributed by atoms with Crippen molar-refractivity contribution in [2.24, 2.45) is 0 Å². The summed E-state index contributed by atoms with van der Waals surface area (Å²) in [5.41, 5.74) is 10.9.